The largest absolute Gasteiger partial charge is 0.311 e. The lowest BCUT2D eigenvalue weighted by molar-refractivity contribution is 0.104. The molecule has 1 saturated carbocycles. The van der Waals surface area contributed by atoms with Crippen molar-refractivity contribution >= 4 is 11.6 Å². The zero-order valence-corrected chi connectivity index (χ0v) is 12.4. The highest BCUT2D eigenvalue weighted by Crippen LogP contribution is 2.29. The molecule has 1 aliphatic carbocycles. The molecule has 1 heterocycles. The molecule has 104 valence electrons. The van der Waals surface area contributed by atoms with E-state index < -0.39 is 0 Å². The Balaban J connectivity index is 1.92. The Kier molecular flexibility index (Phi) is 5.53. The third-order valence-corrected chi connectivity index (χ3v) is 4.75. The Labute approximate surface area is 117 Å². The van der Waals surface area contributed by atoms with Crippen molar-refractivity contribution in [1.29, 1.82) is 0 Å². The zero-order valence-electron chi connectivity index (χ0n) is 11.6. The van der Waals surface area contributed by atoms with Crippen molar-refractivity contribution in [3.8, 4) is 0 Å². The Morgan fingerprint density at radius 2 is 2.06 bits per heavy atom. The molecule has 2 nitrogen and oxygen atoms in total. The predicted octanol–water partition coefficient (Wildman–Crippen LogP) is 3.37. The SMILES string of the molecule is C=C(Cl)CN1CC(C2CCCCC2)NCC1CC. The van der Waals surface area contributed by atoms with Crippen LogP contribution >= 0.6 is 11.6 Å². The van der Waals surface area contributed by atoms with Gasteiger partial charge in [0.05, 0.1) is 0 Å². The van der Waals surface area contributed by atoms with E-state index in [4.69, 9.17) is 11.6 Å². The summed E-state index contributed by atoms with van der Waals surface area (Å²) in [6, 6.07) is 1.30. The quantitative estimate of drug-likeness (QED) is 0.843. The van der Waals surface area contributed by atoms with Gasteiger partial charge in [-0.25, -0.2) is 0 Å². The summed E-state index contributed by atoms with van der Waals surface area (Å²) in [5, 5.41) is 4.55. The molecule has 2 rings (SSSR count). The molecular formula is C15H27ClN2. The lowest BCUT2D eigenvalue weighted by atomic mass is 9.82. The summed E-state index contributed by atoms with van der Waals surface area (Å²) < 4.78 is 0. The molecule has 1 N–H and O–H groups in total. The van der Waals surface area contributed by atoms with Crippen molar-refractivity contribution in [2.75, 3.05) is 19.6 Å². The van der Waals surface area contributed by atoms with E-state index in [9.17, 15) is 0 Å². The molecule has 0 aromatic rings. The molecule has 0 radical (unpaired) electrons. The van der Waals surface area contributed by atoms with Gasteiger partial charge in [-0.1, -0.05) is 44.4 Å². The molecule has 1 aliphatic heterocycles. The van der Waals surface area contributed by atoms with E-state index in [1.807, 2.05) is 0 Å². The molecule has 2 atom stereocenters. The highest BCUT2D eigenvalue weighted by atomic mass is 35.5. The van der Waals surface area contributed by atoms with Gasteiger partial charge < -0.3 is 5.32 Å². The molecule has 2 unspecified atom stereocenters. The molecule has 2 aliphatic rings. The van der Waals surface area contributed by atoms with E-state index in [2.05, 4.69) is 23.7 Å². The van der Waals surface area contributed by atoms with Crippen molar-refractivity contribution in [3.63, 3.8) is 0 Å². The van der Waals surface area contributed by atoms with Gasteiger partial charge in [-0.05, 0) is 25.2 Å². The maximum Gasteiger partial charge on any atom is 0.0339 e. The molecule has 2 fully saturated rings. The van der Waals surface area contributed by atoms with Gasteiger partial charge in [-0.15, -0.1) is 0 Å². The average molecular weight is 271 g/mol. The van der Waals surface area contributed by atoms with Crippen LogP contribution in [-0.4, -0.2) is 36.6 Å². The van der Waals surface area contributed by atoms with E-state index in [1.54, 1.807) is 0 Å². The first-order chi connectivity index (χ1) is 8.70. The summed E-state index contributed by atoms with van der Waals surface area (Å²) >= 11 is 6.01. The monoisotopic (exact) mass is 270 g/mol. The summed E-state index contributed by atoms with van der Waals surface area (Å²) in [5.41, 5.74) is 0. The zero-order chi connectivity index (χ0) is 13.0. The lowest BCUT2D eigenvalue weighted by Crippen LogP contribution is -2.58. The summed E-state index contributed by atoms with van der Waals surface area (Å²) in [6.45, 7) is 9.23. The number of rotatable bonds is 4. The molecule has 18 heavy (non-hydrogen) atoms. The maximum atomic E-state index is 6.01. The number of hydrogen-bond donors (Lipinski definition) is 1. The van der Waals surface area contributed by atoms with Crippen molar-refractivity contribution in [3.05, 3.63) is 11.6 Å². The van der Waals surface area contributed by atoms with Crippen LogP contribution < -0.4 is 5.32 Å². The van der Waals surface area contributed by atoms with Gasteiger partial charge >= 0.3 is 0 Å². The van der Waals surface area contributed by atoms with E-state index >= 15 is 0 Å². The first-order valence-electron chi connectivity index (χ1n) is 7.51. The van der Waals surface area contributed by atoms with E-state index in [-0.39, 0.29) is 0 Å². The molecule has 3 heteroatoms. The lowest BCUT2D eigenvalue weighted by Gasteiger charge is -2.43. The van der Waals surface area contributed by atoms with Crippen LogP contribution in [0.25, 0.3) is 0 Å². The average Bonchev–Trinajstić information content (AvgIpc) is 2.39. The topological polar surface area (TPSA) is 15.3 Å². The third kappa shape index (κ3) is 3.72. The first kappa shape index (κ1) is 14.4. The summed E-state index contributed by atoms with van der Waals surface area (Å²) in [7, 11) is 0. The Bertz CT molecular complexity index is 274. The van der Waals surface area contributed by atoms with Crippen LogP contribution in [0.5, 0.6) is 0 Å². The van der Waals surface area contributed by atoms with Crippen LogP contribution in [0.15, 0.2) is 11.6 Å². The minimum Gasteiger partial charge on any atom is -0.311 e. The fourth-order valence-corrected chi connectivity index (χ4v) is 3.71. The van der Waals surface area contributed by atoms with Gasteiger partial charge in [0.1, 0.15) is 0 Å². The minimum absolute atomic E-state index is 0.625. The Morgan fingerprint density at radius 1 is 1.33 bits per heavy atom. The second-order valence-corrected chi connectivity index (χ2v) is 6.46. The maximum absolute atomic E-state index is 6.01. The van der Waals surface area contributed by atoms with Gasteiger partial charge in [0.2, 0.25) is 0 Å². The second-order valence-electron chi connectivity index (χ2n) is 5.92. The Morgan fingerprint density at radius 3 is 2.67 bits per heavy atom. The molecule has 0 amide bonds. The van der Waals surface area contributed by atoms with Gasteiger partial charge in [-0.2, -0.15) is 0 Å². The number of nitrogens with zero attached hydrogens (tertiary/aromatic N) is 1. The smallest absolute Gasteiger partial charge is 0.0339 e. The van der Waals surface area contributed by atoms with Gasteiger partial charge in [0.15, 0.2) is 0 Å². The van der Waals surface area contributed by atoms with Crippen molar-refractivity contribution in [2.24, 2.45) is 5.92 Å². The number of hydrogen-bond acceptors (Lipinski definition) is 2. The number of nitrogens with one attached hydrogen (secondary N) is 1. The fourth-order valence-electron chi connectivity index (χ4n) is 3.55. The number of halogens is 1. The van der Waals surface area contributed by atoms with Crippen LogP contribution in [0.3, 0.4) is 0 Å². The Hall–Kier alpha value is -0.0500. The van der Waals surface area contributed by atoms with Crippen molar-refractivity contribution in [1.82, 2.24) is 10.2 Å². The van der Waals surface area contributed by atoms with Crippen molar-refractivity contribution in [2.45, 2.75) is 57.5 Å². The van der Waals surface area contributed by atoms with Gasteiger partial charge in [-0.3, -0.25) is 4.90 Å². The second kappa shape index (κ2) is 6.93. The van der Waals surface area contributed by atoms with Gasteiger partial charge in [0, 0.05) is 36.8 Å². The van der Waals surface area contributed by atoms with Crippen LogP contribution in [0.4, 0.5) is 0 Å². The van der Waals surface area contributed by atoms with Crippen LogP contribution in [-0.2, 0) is 0 Å². The molecule has 0 spiro atoms. The predicted molar refractivity (Wildman–Crippen MR) is 79.0 cm³/mol. The molecule has 0 aromatic heterocycles. The van der Waals surface area contributed by atoms with Crippen molar-refractivity contribution < 1.29 is 0 Å². The van der Waals surface area contributed by atoms with Crippen LogP contribution in [0, 0.1) is 5.92 Å². The minimum atomic E-state index is 0.625. The summed E-state index contributed by atoms with van der Waals surface area (Å²) in [4.78, 5) is 2.53. The van der Waals surface area contributed by atoms with E-state index in [1.165, 1.54) is 38.5 Å². The highest BCUT2D eigenvalue weighted by molar-refractivity contribution is 6.29. The third-order valence-electron chi connectivity index (χ3n) is 4.63. The normalized spacial score (nSPS) is 31.4. The molecule has 1 saturated heterocycles. The summed E-state index contributed by atoms with van der Waals surface area (Å²) in [6.07, 6.45) is 8.27. The van der Waals surface area contributed by atoms with Crippen LogP contribution in [0.1, 0.15) is 45.4 Å². The first-order valence-corrected chi connectivity index (χ1v) is 7.89. The van der Waals surface area contributed by atoms with Gasteiger partial charge in [0.25, 0.3) is 0 Å². The standard InChI is InChI=1S/C15H27ClN2/c1-3-14-9-17-15(11-18(14)10-12(2)16)13-7-5-4-6-8-13/h13-15,17H,2-11H2,1H3. The van der Waals surface area contributed by atoms with Crippen LogP contribution in [0.2, 0.25) is 0 Å². The molecular weight excluding hydrogens is 244 g/mol. The van der Waals surface area contributed by atoms with E-state index in [0.717, 1.165) is 30.6 Å². The van der Waals surface area contributed by atoms with E-state index in [0.29, 0.717) is 12.1 Å². The molecule has 0 bridgehead atoms. The molecule has 0 aromatic carbocycles. The number of piperazine rings is 1. The highest BCUT2D eigenvalue weighted by Gasteiger charge is 2.31. The fraction of sp³-hybridized carbons (Fsp3) is 0.867. The summed E-state index contributed by atoms with van der Waals surface area (Å²) in [5.74, 6) is 0.877.